The van der Waals surface area contributed by atoms with Gasteiger partial charge in [0.25, 0.3) is 0 Å². The third kappa shape index (κ3) is 3.75. The summed E-state index contributed by atoms with van der Waals surface area (Å²) < 4.78 is 15.2. The predicted molar refractivity (Wildman–Crippen MR) is 90.2 cm³/mol. The minimum atomic E-state index is -0.232. The maximum atomic E-state index is 13.4. The molecule has 1 aliphatic rings. The van der Waals surface area contributed by atoms with Gasteiger partial charge >= 0.3 is 6.03 Å². The summed E-state index contributed by atoms with van der Waals surface area (Å²) in [4.78, 5) is 12.0. The van der Waals surface area contributed by atoms with E-state index in [4.69, 9.17) is 0 Å². The van der Waals surface area contributed by atoms with E-state index in [0.717, 1.165) is 24.1 Å². The summed E-state index contributed by atoms with van der Waals surface area (Å²) in [6.45, 7) is 5.01. The Hall–Kier alpha value is -2.37. The molecule has 0 radical (unpaired) electrons. The van der Waals surface area contributed by atoms with Gasteiger partial charge in [-0.15, -0.1) is 0 Å². The molecule has 1 saturated carbocycles. The van der Waals surface area contributed by atoms with E-state index in [9.17, 15) is 9.18 Å². The van der Waals surface area contributed by atoms with Crippen LogP contribution in [-0.2, 0) is 12.0 Å². The fourth-order valence-electron chi connectivity index (χ4n) is 2.78. The van der Waals surface area contributed by atoms with Crippen LogP contribution in [0.4, 0.5) is 9.18 Å². The van der Waals surface area contributed by atoms with Crippen molar-refractivity contribution in [3.05, 3.63) is 53.6 Å². The Bertz CT molecular complexity index is 721. The lowest BCUT2D eigenvalue weighted by Gasteiger charge is -2.17. The first-order valence-corrected chi connectivity index (χ1v) is 8.30. The van der Waals surface area contributed by atoms with E-state index in [1.54, 1.807) is 12.1 Å². The standard InChI is InChI=1S/C18H23FN4O/c1-13(2)23-9-6-16(22-23)11-20-17(24)21-12-18(7-8-18)14-4-3-5-15(19)10-14/h3-6,9-10,13H,7-8,11-12H2,1-2H3,(H2,20,21,24). The van der Waals surface area contributed by atoms with Gasteiger partial charge in [0.05, 0.1) is 12.2 Å². The lowest BCUT2D eigenvalue weighted by Crippen LogP contribution is -2.39. The molecule has 0 aliphatic heterocycles. The molecule has 2 N–H and O–H groups in total. The van der Waals surface area contributed by atoms with Crippen LogP contribution in [0.15, 0.2) is 36.5 Å². The Morgan fingerprint density at radius 3 is 2.75 bits per heavy atom. The highest BCUT2D eigenvalue weighted by Crippen LogP contribution is 2.47. The van der Waals surface area contributed by atoms with Gasteiger partial charge in [-0.1, -0.05) is 12.1 Å². The molecule has 1 fully saturated rings. The van der Waals surface area contributed by atoms with Gasteiger partial charge in [0, 0.05) is 24.2 Å². The van der Waals surface area contributed by atoms with Gasteiger partial charge in [0.15, 0.2) is 0 Å². The first-order valence-electron chi connectivity index (χ1n) is 8.30. The smallest absolute Gasteiger partial charge is 0.315 e. The summed E-state index contributed by atoms with van der Waals surface area (Å²) in [7, 11) is 0. The molecule has 6 heteroatoms. The molecule has 1 aromatic carbocycles. The topological polar surface area (TPSA) is 59.0 Å². The van der Waals surface area contributed by atoms with E-state index in [2.05, 4.69) is 29.6 Å². The zero-order valence-corrected chi connectivity index (χ0v) is 14.1. The van der Waals surface area contributed by atoms with Crippen molar-refractivity contribution < 1.29 is 9.18 Å². The summed E-state index contributed by atoms with van der Waals surface area (Å²) in [5.74, 6) is -0.232. The molecule has 2 aromatic rings. The summed E-state index contributed by atoms with van der Waals surface area (Å²) in [6, 6.07) is 8.62. The lowest BCUT2D eigenvalue weighted by atomic mass is 9.96. The summed E-state index contributed by atoms with van der Waals surface area (Å²) in [6.07, 6.45) is 3.84. The number of hydrogen-bond donors (Lipinski definition) is 2. The number of carbonyl (C=O) groups excluding carboxylic acids is 1. The molecule has 128 valence electrons. The minimum Gasteiger partial charge on any atom is -0.337 e. The first-order chi connectivity index (χ1) is 11.5. The number of hydrogen-bond acceptors (Lipinski definition) is 2. The molecule has 5 nitrogen and oxygen atoms in total. The number of urea groups is 1. The Morgan fingerprint density at radius 1 is 1.33 bits per heavy atom. The third-order valence-corrected chi connectivity index (χ3v) is 4.50. The second kappa shape index (κ2) is 6.63. The summed E-state index contributed by atoms with van der Waals surface area (Å²) in [5.41, 5.74) is 1.67. The normalized spacial score (nSPS) is 15.3. The zero-order chi connectivity index (χ0) is 17.2. The molecule has 0 atom stereocenters. The van der Waals surface area contributed by atoms with Crippen LogP contribution in [-0.4, -0.2) is 22.4 Å². The van der Waals surface area contributed by atoms with Gasteiger partial charge in [-0.3, -0.25) is 4.68 Å². The highest BCUT2D eigenvalue weighted by Gasteiger charge is 2.44. The second-order valence-corrected chi connectivity index (χ2v) is 6.71. The second-order valence-electron chi connectivity index (χ2n) is 6.71. The highest BCUT2D eigenvalue weighted by molar-refractivity contribution is 5.74. The molecule has 1 heterocycles. The van der Waals surface area contributed by atoms with Crippen LogP contribution in [0.1, 0.15) is 44.0 Å². The van der Waals surface area contributed by atoms with E-state index >= 15 is 0 Å². The number of carbonyl (C=O) groups is 1. The van der Waals surface area contributed by atoms with Crippen molar-refractivity contribution in [2.75, 3.05) is 6.54 Å². The maximum Gasteiger partial charge on any atom is 0.315 e. The number of benzene rings is 1. The van der Waals surface area contributed by atoms with Gasteiger partial charge in [-0.2, -0.15) is 5.10 Å². The fourth-order valence-corrected chi connectivity index (χ4v) is 2.78. The summed E-state index contributed by atoms with van der Waals surface area (Å²) in [5, 5.41) is 10.1. The Balaban J connectivity index is 1.49. The largest absolute Gasteiger partial charge is 0.337 e. The van der Waals surface area contributed by atoms with Crippen LogP contribution in [0.25, 0.3) is 0 Å². The zero-order valence-electron chi connectivity index (χ0n) is 14.1. The van der Waals surface area contributed by atoms with E-state index in [0.29, 0.717) is 19.1 Å². The summed E-state index contributed by atoms with van der Waals surface area (Å²) >= 11 is 0. The van der Waals surface area contributed by atoms with E-state index in [1.807, 2.05) is 23.0 Å². The maximum absolute atomic E-state index is 13.4. The van der Waals surface area contributed by atoms with Crippen molar-refractivity contribution in [3.63, 3.8) is 0 Å². The Kier molecular flexibility index (Phi) is 4.55. The predicted octanol–water partition coefficient (Wildman–Crippen LogP) is 3.13. The van der Waals surface area contributed by atoms with E-state index in [-0.39, 0.29) is 17.3 Å². The van der Waals surface area contributed by atoms with Gasteiger partial charge in [0.2, 0.25) is 0 Å². The molecule has 0 saturated heterocycles. The number of rotatable bonds is 6. The van der Waals surface area contributed by atoms with Gasteiger partial charge < -0.3 is 10.6 Å². The molecule has 0 spiro atoms. The molecule has 24 heavy (non-hydrogen) atoms. The van der Waals surface area contributed by atoms with Crippen LogP contribution in [0, 0.1) is 5.82 Å². The molecule has 0 unspecified atom stereocenters. The molecule has 2 amide bonds. The van der Waals surface area contributed by atoms with Crippen molar-refractivity contribution in [1.29, 1.82) is 0 Å². The molecule has 0 bridgehead atoms. The van der Waals surface area contributed by atoms with Crippen molar-refractivity contribution in [1.82, 2.24) is 20.4 Å². The first kappa shape index (κ1) is 16.5. The van der Waals surface area contributed by atoms with Gasteiger partial charge in [-0.25, -0.2) is 9.18 Å². The fraction of sp³-hybridized carbons (Fsp3) is 0.444. The number of aromatic nitrogens is 2. The van der Waals surface area contributed by atoms with Crippen LogP contribution in [0.2, 0.25) is 0 Å². The van der Waals surface area contributed by atoms with E-state index < -0.39 is 0 Å². The molecule has 3 rings (SSSR count). The highest BCUT2D eigenvalue weighted by atomic mass is 19.1. The quantitative estimate of drug-likeness (QED) is 0.855. The average Bonchev–Trinajstić information content (AvgIpc) is 3.20. The van der Waals surface area contributed by atoms with Gasteiger partial charge in [-0.05, 0) is 50.5 Å². The number of halogens is 1. The van der Waals surface area contributed by atoms with Crippen LogP contribution in [0.3, 0.4) is 0 Å². The van der Waals surface area contributed by atoms with Crippen LogP contribution in [0.5, 0.6) is 0 Å². The molecular weight excluding hydrogens is 307 g/mol. The molecule has 1 aliphatic carbocycles. The molecular formula is C18H23FN4O. The lowest BCUT2D eigenvalue weighted by molar-refractivity contribution is 0.239. The van der Waals surface area contributed by atoms with E-state index in [1.165, 1.54) is 6.07 Å². The monoisotopic (exact) mass is 330 g/mol. The Morgan fingerprint density at radius 2 is 2.12 bits per heavy atom. The van der Waals surface area contributed by atoms with Crippen molar-refractivity contribution in [2.45, 2.75) is 44.7 Å². The number of amides is 2. The van der Waals surface area contributed by atoms with Gasteiger partial charge in [0.1, 0.15) is 5.82 Å². The van der Waals surface area contributed by atoms with Crippen LogP contribution < -0.4 is 10.6 Å². The average molecular weight is 330 g/mol. The Labute approximate surface area is 141 Å². The SMILES string of the molecule is CC(C)n1ccc(CNC(=O)NCC2(c3cccc(F)c3)CC2)n1. The van der Waals surface area contributed by atoms with Crippen molar-refractivity contribution >= 4 is 6.03 Å². The number of nitrogens with zero attached hydrogens (tertiary/aromatic N) is 2. The van der Waals surface area contributed by atoms with Crippen LogP contribution >= 0.6 is 0 Å². The molecule has 1 aromatic heterocycles. The minimum absolute atomic E-state index is 0.112. The third-order valence-electron chi connectivity index (χ3n) is 4.50. The van der Waals surface area contributed by atoms with Crippen molar-refractivity contribution in [3.8, 4) is 0 Å². The van der Waals surface area contributed by atoms with Crippen molar-refractivity contribution in [2.24, 2.45) is 0 Å². The number of nitrogens with one attached hydrogen (secondary N) is 2.